The van der Waals surface area contributed by atoms with E-state index < -0.39 is 0 Å². The maximum atomic E-state index is 9.64. The van der Waals surface area contributed by atoms with Crippen molar-refractivity contribution in [3.05, 3.63) is 59.8 Å². The monoisotopic (exact) mass is 271 g/mol. The number of nitriles is 2. The van der Waals surface area contributed by atoms with E-state index in [2.05, 4.69) is 17.1 Å². The van der Waals surface area contributed by atoms with Crippen LogP contribution in [0.1, 0.15) is 11.3 Å². The molecule has 0 aliphatic rings. The van der Waals surface area contributed by atoms with Crippen molar-refractivity contribution in [2.45, 2.75) is 0 Å². The SMILES string of the molecule is N#Cc1nc2ccc(O)cc2c(C#N)c1-c1ccccc1. The molecule has 0 atom stereocenters. The summed E-state index contributed by atoms with van der Waals surface area (Å²) in [6.45, 7) is 0. The van der Waals surface area contributed by atoms with Gasteiger partial charge in [-0.1, -0.05) is 30.3 Å². The maximum Gasteiger partial charge on any atom is 0.150 e. The minimum Gasteiger partial charge on any atom is -0.508 e. The fourth-order valence-electron chi connectivity index (χ4n) is 2.33. The van der Waals surface area contributed by atoms with Gasteiger partial charge < -0.3 is 5.11 Å². The summed E-state index contributed by atoms with van der Waals surface area (Å²) in [5, 5.41) is 29.0. The van der Waals surface area contributed by atoms with E-state index in [0.717, 1.165) is 5.56 Å². The van der Waals surface area contributed by atoms with Gasteiger partial charge >= 0.3 is 0 Å². The number of rotatable bonds is 1. The highest BCUT2D eigenvalue weighted by atomic mass is 16.3. The lowest BCUT2D eigenvalue weighted by molar-refractivity contribution is 0.476. The highest BCUT2D eigenvalue weighted by molar-refractivity contribution is 5.94. The molecule has 0 spiro atoms. The third kappa shape index (κ3) is 2.05. The Balaban J connectivity index is 2.48. The average molecular weight is 271 g/mol. The van der Waals surface area contributed by atoms with Crippen LogP contribution in [-0.2, 0) is 0 Å². The molecule has 4 heteroatoms. The van der Waals surface area contributed by atoms with E-state index in [1.54, 1.807) is 6.07 Å². The molecular weight excluding hydrogens is 262 g/mol. The van der Waals surface area contributed by atoms with Crippen molar-refractivity contribution < 1.29 is 5.11 Å². The normalized spacial score (nSPS) is 10.0. The van der Waals surface area contributed by atoms with Crippen molar-refractivity contribution in [3.8, 4) is 29.0 Å². The number of nitrogens with zero attached hydrogens (tertiary/aromatic N) is 3. The van der Waals surface area contributed by atoms with Gasteiger partial charge in [0.2, 0.25) is 0 Å². The van der Waals surface area contributed by atoms with Crippen LogP contribution in [-0.4, -0.2) is 10.1 Å². The van der Waals surface area contributed by atoms with Crippen molar-refractivity contribution in [1.29, 1.82) is 10.5 Å². The molecule has 0 saturated heterocycles. The van der Waals surface area contributed by atoms with Gasteiger partial charge in [-0.2, -0.15) is 10.5 Å². The number of phenolic OH excluding ortho intramolecular Hbond substituents is 1. The number of fused-ring (bicyclic) bond motifs is 1. The van der Waals surface area contributed by atoms with E-state index in [1.807, 2.05) is 30.3 Å². The molecule has 4 nitrogen and oxygen atoms in total. The molecule has 0 radical (unpaired) electrons. The van der Waals surface area contributed by atoms with Gasteiger partial charge in [0, 0.05) is 10.9 Å². The van der Waals surface area contributed by atoms with E-state index >= 15 is 0 Å². The molecule has 0 fully saturated rings. The van der Waals surface area contributed by atoms with E-state index in [1.165, 1.54) is 12.1 Å². The molecule has 0 bridgehead atoms. The second-order valence-electron chi connectivity index (χ2n) is 4.50. The van der Waals surface area contributed by atoms with Crippen molar-refractivity contribution in [3.63, 3.8) is 0 Å². The van der Waals surface area contributed by atoms with Crippen molar-refractivity contribution in [1.82, 2.24) is 4.98 Å². The predicted molar refractivity (Wildman–Crippen MR) is 78.3 cm³/mol. The van der Waals surface area contributed by atoms with Crippen LogP contribution in [0.2, 0.25) is 0 Å². The number of hydrogen-bond donors (Lipinski definition) is 1. The van der Waals surface area contributed by atoms with Gasteiger partial charge in [-0.05, 0) is 23.8 Å². The zero-order valence-corrected chi connectivity index (χ0v) is 10.9. The molecule has 0 amide bonds. The molecule has 21 heavy (non-hydrogen) atoms. The maximum absolute atomic E-state index is 9.64. The molecule has 3 aromatic rings. The molecule has 3 rings (SSSR count). The van der Waals surface area contributed by atoms with E-state index in [-0.39, 0.29) is 11.4 Å². The lowest BCUT2D eigenvalue weighted by Crippen LogP contribution is -1.96. The van der Waals surface area contributed by atoms with Crippen molar-refractivity contribution in [2.24, 2.45) is 0 Å². The van der Waals surface area contributed by atoms with Gasteiger partial charge in [-0.3, -0.25) is 0 Å². The lowest BCUT2D eigenvalue weighted by Gasteiger charge is -2.09. The van der Waals surface area contributed by atoms with Crippen molar-refractivity contribution >= 4 is 10.9 Å². The topological polar surface area (TPSA) is 80.7 Å². The summed E-state index contributed by atoms with van der Waals surface area (Å²) in [5.41, 5.74) is 2.32. The zero-order chi connectivity index (χ0) is 14.8. The first-order valence-corrected chi connectivity index (χ1v) is 6.27. The van der Waals surface area contributed by atoms with Crippen LogP contribution in [0.25, 0.3) is 22.0 Å². The molecule has 2 aromatic carbocycles. The number of benzene rings is 2. The fourth-order valence-corrected chi connectivity index (χ4v) is 2.33. The van der Waals surface area contributed by atoms with E-state index in [9.17, 15) is 15.6 Å². The molecule has 0 aliphatic carbocycles. The first-order valence-electron chi connectivity index (χ1n) is 6.27. The van der Waals surface area contributed by atoms with E-state index in [0.29, 0.717) is 22.0 Å². The molecule has 1 N–H and O–H groups in total. The zero-order valence-electron chi connectivity index (χ0n) is 10.9. The minimum atomic E-state index is 0.0597. The predicted octanol–water partition coefficient (Wildman–Crippen LogP) is 3.35. The molecule has 1 aromatic heterocycles. The summed E-state index contributed by atoms with van der Waals surface area (Å²) in [4.78, 5) is 4.30. The lowest BCUT2D eigenvalue weighted by atomic mass is 9.95. The van der Waals surface area contributed by atoms with Crippen LogP contribution >= 0.6 is 0 Å². The van der Waals surface area contributed by atoms with Crippen LogP contribution in [0, 0.1) is 22.7 Å². The van der Waals surface area contributed by atoms with Crippen LogP contribution < -0.4 is 0 Å². The standard InChI is InChI=1S/C17H9N3O/c18-9-14-13-8-12(21)6-7-15(13)20-16(10-19)17(14)11-4-2-1-3-5-11/h1-8,21H. The number of aromatic nitrogens is 1. The summed E-state index contributed by atoms with van der Waals surface area (Å²) in [6.07, 6.45) is 0. The number of aromatic hydroxyl groups is 1. The van der Waals surface area contributed by atoms with Gasteiger partial charge in [0.05, 0.1) is 11.1 Å². The van der Waals surface area contributed by atoms with Gasteiger partial charge in [-0.25, -0.2) is 4.98 Å². The van der Waals surface area contributed by atoms with Gasteiger partial charge in [0.1, 0.15) is 23.6 Å². The summed E-state index contributed by atoms with van der Waals surface area (Å²) in [7, 11) is 0. The Labute approximate surface area is 121 Å². The second kappa shape index (κ2) is 4.96. The molecule has 98 valence electrons. The van der Waals surface area contributed by atoms with E-state index in [4.69, 9.17) is 0 Å². The largest absolute Gasteiger partial charge is 0.508 e. The molecule has 1 heterocycles. The number of pyridine rings is 1. The minimum absolute atomic E-state index is 0.0597. The molecule has 0 saturated carbocycles. The van der Waals surface area contributed by atoms with Crippen LogP contribution in [0.4, 0.5) is 0 Å². The quantitative estimate of drug-likeness (QED) is 0.735. The third-order valence-electron chi connectivity index (χ3n) is 3.25. The highest BCUT2D eigenvalue weighted by Crippen LogP contribution is 2.32. The first-order chi connectivity index (χ1) is 10.2. The molecule has 0 aliphatic heterocycles. The van der Waals surface area contributed by atoms with Gasteiger partial charge in [0.15, 0.2) is 0 Å². The Morgan fingerprint density at radius 1 is 0.952 bits per heavy atom. The van der Waals surface area contributed by atoms with Crippen LogP contribution in [0.3, 0.4) is 0 Å². The van der Waals surface area contributed by atoms with Gasteiger partial charge in [-0.15, -0.1) is 0 Å². The average Bonchev–Trinajstić information content (AvgIpc) is 2.53. The van der Waals surface area contributed by atoms with Gasteiger partial charge in [0.25, 0.3) is 0 Å². The Kier molecular flexibility index (Phi) is 2.99. The second-order valence-corrected chi connectivity index (χ2v) is 4.50. The Morgan fingerprint density at radius 3 is 2.38 bits per heavy atom. The fraction of sp³-hybridized carbons (Fsp3) is 0. The third-order valence-corrected chi connectivity index (χ3v) is 3.25. The van der Waals surface area contributed by atoms with Crippen molar-refractivity contribution in [2.75, 3.05) is 0 Å². The Morgan fingerprint density at radius 2 is 1.71 bits per heavy atom. The smallest absolute Gasteiger partial charge is 0.150 e. The molecular formula is C17H9N3O. The number of phenols is 1. The Bertz CT molecular complexity index is 919. The summed E-state index contributed by atoms with van der Waals surface area (Å²) in [5.74, 6) is 0.0597. The van der Waals surface area contributed by atoms with Crippen LogP contribution in [0.15, 0.2) is 48.5 Å². The summed E-state index contributed by atoms with van der Waals surface area (Å²) < 4.78 is 0. The summed E-state index contributed by atoms with van der Waals surface area (Å²) in [6, 6.07) is 18.0. The molecule has 0 unspecified atom stereocenters. The Hall–Kier alpha value is -3.37. The first kappa shape index (κ1) is 12.7. The summed E-state index contributed by atoms with van der Waals surface area (Å²) >= 11 is 0. The number of hydrogen-bond acceptors (Lipinski definition) is 4. The van der Waals surface area contributed by atoms with Crippen LogP contribution in [0.5, 0.6) is 5.75 Å². The highest BCUT2D eigenvalue weighted by Gasteiger charge is 2.16.